The van der Waals surface area contributed by atoms with Crippen molar-refractivity contribution in [2.24, 2.45) is 24.6 Å². The summed E-state index contributed by atoms with van der Waals surface area (Å²) in [6.07, 6.45) is -1.59. The number of aryl methyl sites for hydroxylation is 1. The van der Waals surface area contributed by atoms with Crippen LogP contribution < -0.4 is 37.6 Å². The zero-order chi connectivity index (χ0) is 43.3. The molecule has 0 saturated carbocycles. The number of aliphatic hydroxyl groups excluding tert-OH is 2. The standard InChI is InChI=1S/C38H58N8O11/c1-9-19(4)30(44-33(51)25(14-15-28(39)50)41-36(54)31(20(5)47)40-22(7)49)35(53)45-32(21(6)48)37(55)42-26(34(52)43-29(18(2)3)38(56)57)16-23-17-46(8)27-13-11-10-12-24(23)27/h10-13,17-21,25-26,29-32,47-48H,9,14-16H2,1-8H3,(H2,39,50)(H,40,49)(H,41,54)(H,42,55)(H,43,52)(H,44,51)(H,45,53)(H,56,57)/t19-,20-,21-,25-,26-,29-,30-,31-,32+/m0/s1. The summed E-state index contributed by atoms with van der Waals surface area (Å²) in [4.78, 5) is 103. The highest BCUT2D eigenvalue weighted by Gasteiger charge is 2.37. The van der Waals surface area contributed by atoms with Crippen LogP contribution in [0, 0.1) is 11.8 Å². The molecule has 9 atom stereocenters. The summed E-state index contributed by atoms with van der Waals surface area (Å²) < 4.78 is 1.83. The van der Waals surface area contributed by atoms with E-state index in [0.717, 1.165) is 17.8 Å². The maximum atomic E-state index is 13.9. The Morgan fingerprint density at radius 2 is 1.19 bits per heavy atom. The number of fused-ring (bicyclic) bond motifs is 1. The number of carboxylic acids is 1. The maximum Gasteiger partial charge on any atom is 0.326 e. The molecule has 0 aliphatic heterocycles. The third-order valence-electron chi connectivity index (χ3n) is 9.56. The molecular weight excluding hydrogens is 744 g/mol. The van der Waals surface area contributed by atoms with Crippen LogP contribution >= 0.6 is 0 Å². The molecule has 2 aromatic rings. The molecule has 0 aliphatic carbocycles. The van der Waals surface area contributed by atoms with Crippen molar-refractivity contribution in [1.82, 2.24) is 36.5 Å². The number of primary amides is 1. The summed E-state index contributed by atoms with van der Waals surface area (Å²) in [5.74, 6) is -8.45. The summed E-state index contributed by atoms with van der Waals surface area (Å²) in [5, 5.41) is 46.1. The lowest BCUT2D eigenvalue weighted by Gasteiger charge is -2.30. The van der Waals surface area contributed by atoms with E-state index in [9.17, 15) is 53.7 Å². The minimum Gasteiger partial charge on any atom is -0.480 e. The molecule has 11 N–H and O–H groups in total. The largest absolute Gasteiger partial charge is 0.480 e. The molecule has 0 radical (unpaired) electrons. The Hall–Kier alpha value is -5.56. The number of nitrogens with zero attached hydrogens (tertiary/aromatic N) is 1. The Balaban J connectivity index is 2.42. The van der Waals surface area contributed by atoms with Crippen molar-refractivity contribution >= 4 is 58.2 Å². The molecule has 7 amide bonds. The first-order valence-corrected chi connectivity index (χ1v) is 18.8. The van der Waals surface area contributed by atoms with Gasteiger partial charge in [0.2, 0.25) is 41.4 Å². The van der Waals surface area contributed by atoms with Gasteiger partial charge in [-0.1, -0.05) is 52.3 Å². The fourth-order valence-electron chi connectivity index (χ4n) is 6.09. The van der Waals surface area contributed by atoms with Crippen LogP contribution in [-0.2, 0) is 51.8 Å². The molecule has 19 heteroatoms. The van der Waals surface area contributed by atoms with Gasteiger partial charge >= 0.3 is 5.97 Å². The first-order valence-electron chi connectivity index (χ1n) is 18.8. The van der Waals surface area contributed by atoms with E-state index in [0.29, 0.717) is 12.0 Å². The summed E-state index contributed by atoms with van der Waals surface area (Å²) in [5.41, 5.74) is 6.78. The summed E-state index contributed by atoms with van der Waals surface area (Å²) in [7, 11) is 1.80. The van der Waals surface area contributed by atoms with Crippen molar-refractivity contribution < 1.29 is 53.7 Å². The predicted octanol–water partition coefficient (Wildman–Crippen LogP) is -1.54. The summed E-state index contributed by atoms with van der Waals surface area (Å²) in [6.45, 7) is 10.1. The molecule has 0 fully saturated rings. The highest BCUT2D eigenvalue weighted by molar-refractivity contribution is 5.97. The smallest absolute Gasteiger partial charge is 0.326 e. The van der Waals surface area contributed by atoms with Crippen LogP contribution in [0.25, 0.3) is 10.9 Å². The Bertz CT molecular complexity index is 1780. The van der Waals surface area contributed by atoms with Gasteiger partial charge in [0.15, 0.2) is 0 Å². The van der Waals surface area contributed by atoms with Gasteiger partial charge in [0, 0.05) is 43.9 Å². The summed E-state index contributed by atoms with van der Waals surface area (Å²) in [6, 6.07) is -1.32. The number of hydrogen-bond acceptors (Lipinski definition) is 10. The molecule has 0 unspecified atom stereocenters. The molecule has 19 nitrogen and oxygen atoms in total. The van der Waals surface area contributed by atoms with Gasteiger partial charge in [0.05, 0.1) is 12.2 Å². The first kappa shape index (κ1) is 47.6. The van der Waals surface area contributed by atoms with Crippen LogP contribution in [0.4, 0.5) is 0 Å². The molecule has 0 bridgehead atoms. The van der Waals surface area contributed by atoms with Gasteiger partial charge in [-0.05, 0) is 43.7 Å². The lowest BCUT2D eigenvalue weighted by Crippen LogP contribution is -2.63. The Morgan fingerprint density at radius 1 is 0.702 bits per heavy atom. The van der Waals surface area contributed by atoms with E-state index >= 15 is 0 Å². The quantitative estimate of drug-likeness (QED) is 0.0651. The normalized spacial score (nSPS) is 16.1. The van der Waals surface area contributed by atoms with Crippen LogP contribution in [0.5, 0.6) is 0 Å². The van der Waals surface area contributed by atoms with Crippen LogP contribution in [-0.4, -0.2) is 116 Å². The number of nitrogens with one attached hydrogen (secondary N) is 6. The molecule has 0 aliphatic rings. The predicted molar refractivity (Wildman–Crippen MR) is 208 cm³/mol. The third-order valence-corrected chi connectivity index (χ3v) is 9.56. The number of carboxylic acid groups (broad SMARTS) is 1. The number of carbonyl (C=O) groups is 8. The van der Waals surface area contributed by atoms with Crippen LogP contribution in [0.15, 0.2) is 30.5 Å². The molecule has 1 aromatic heterocycles. The average molecular weight is 803 g/mol. The number of amides is 7. The number of para-hydroxylation sites is 1. The van der Waals surface area contributed by atoms with Gasteiger partial charge in [0.25, 0.3) is 0 Å². The lowest BCUT2D eigenvalue weighted by molar-refractivity contribution is -0.143. The molecule has 0 spiro atoms. The molecule has 1 heterocycles. The fraction of sp³-hybridized carbons (Fsp3) is 0.579. The van der Waals surface area contributed by atoms with E-state index in [1.807, 2.05) is 22.8 Å². The minimum atomic E-state index is -1.68. The average Bonchev–Trinajstić information content (AvgIpc) is 3.44. The zero-order valence-electron chi connectivity index (χ0n) is 33.6. The number of benzene rings is 1. The number of aliphatic carboxylic acids is 1. The monoisotopic (exact) mass is 802 g/mol. The lowest BCUT2D eigenvalue weighted by atomic mass is 9.96. The van der Waals surface area contributed by atoms with E-state index in [4.69, 9.17) is 5.73 Å². The van der Waals surface area contributed by atoms with Crippen LogP contribution in [0.1, 0.15) is 73.3 Å². The van der Waals surface area contributed by atoms with Crippen molar-refractivity contribution in [2.45, 2.75) is 123 Å². The second-order valence-corrected chi connectivity index (χ2v) is 14.7. The zero-order valence-corrected chi connectivity index (χ0v) is 33.6. The van der Waals surface area contributed by atoms with Gasteiger partial charge in [0.1, 0.15) is 36.3 Å². The number of rotatable bonds is 22. The third kappa shape index (κ3) is 13.9. The molecular formula is C38H58N8O11. The molecule has 1 aromatic carbocycles. The second-order valence-electron chi connectivity index (χ2n) is 14.7. The van der Waals surface area contributed by atoms with E-state index in [1.165, 1.54) is 13.8 Å². The van der Waals surface area contributed by atoms with Gasteiger partial charge < -0.3 is 57.5 Å². The first-order chi connectivity index (χ1) is 26.6. The van der Waals surface area contributed by atoms with Crippen LogP contribution in [0.2, 0.25) is 0 Å². The van der Waals surface area contributed by atoms with Crippen molar-refractivity contribution in [3.63, 3.8) is 0 Å². The summed E-state index contributed by atoms with van der Waals surface area (Å²) >= 11 is 0. The van der Waals surface area contributed by atoms with E-state index in [-0.39, 0.29) is 19.3 Å². The molecule has 57 heavy (non-hydrogen) atoms. The number of aromatic nitrogens is 1. The Morgan fingerprint density at radius 3 is 1.70 bits per heavy atom. The van der Waals surface area contributed by atoms with E-state index < -0.39 is 108 Å². The van der Waals surface area contributed by atoms with E-state index in [1.54, 1.807) is 47.0 Å². The van der Waals surface area contributed by atoms with Crippen molar-refractivity contribution in [3.05, 3.63) is 36.0 Å². The van der Waals surface area contributed by atoms with Gasteiger partial charge in [-0.3, -0.25) is 33.6 Å². The number of carbonyl (C=O) groups excluding carboxylic acids is 7. The van der Waals surface area contributed by atoms with Crippen molar-refractivity contribution in [3.8, 4) is 0 Å². The highest BCUT2D eigenvalue weighted by Crippen LogP contribution is 2.22. The highest BCUT2D eigenvalue weighted by atomic mass is 16.4. The topological polar surface area (TPSA) is 300 Å². The Labute approximate surface area is 331 Å². The fourth-order valence-corrected chi connectivity index (χ4v) is 6.09. The van der Waals surface area contributed by atoms with Gasteiger partial charge in [-0.25, -0.2) is 4.79 Å². The molecule has 316 valence electrons. The number of nitrogens with two attached hydrogens (primary N) is 1. The van der Waals surface area contributed by atoms with Crippen molar-refractivity contribution in [1.29, 1.82) is 0 Å². The molecule has 0 saturated heterocycles. The number of aliphatic hydroxyl groups is 2. The Kier molecular flexibility index (Phi) is 18.1. The SMILES string of the molecule is CC[C@H](C)[C@H](NC(=O)[C@H](CCC(N)=O)NC(=O)[C@@H](NC(C)=O)[C@H](C)O)C(=O)N[C@@H](C(=O)N[C@@H](Cc1cn(C)c2ccccc12)C(=O)N[C@H](C(=O)O)C(C)C)[C@H](C)O. The van der Waals surface area contributed by atoms with Gasteiger partial charge in [-0.2, -0.15) is 0 Å². The van der Waals surface area contributed by atoms with Crippen LogP contribution in [0.3, 0.4) is 0 Å². The van der Waals surface area contributed by atoms with Crippen molar-refractivity contribution in [2.75, 3.05) is 0 Å². The van der Waals surface area contributed by atoms with Gasteiger partial charge in [-0.15, -0.1) is 0 Å². The minimum absolute atomic E-state index is 0.0916. The van der Waals surface area contributed by atoms with E-state index in [2.05, 4.69) is 31.9 Å². The second kappa shape index (κ2) is 21.7. The number of hydrogen-bond donors (Lipinski definition) is 10. The maximum absolute atomic E-state index is 13.9. The molecule has 2 rings (SSSR count).